The summed E-state index contributed by atoms with van der Waals surface area (Å²) in [6.45, 7) is 5.51. The highest BCUT2D eigenvalue weighted by Gasteiger charge is 2.02. The Morgan fingerprint density at radius 3 is 2.38 bits per heavy atom. The van der Waals surface area contributed by atoms with Crippen LogP contribution in [0.25, 0.3) is 0 Å². The summed E-state index contributed by atoms with van der Waals surface area (Å²) in [5.41, 5.74) is 0. The predicted molar refractivity (Wildman–Crippen MR) is 35.3 cm³/mol. The lowest BCUT2D eigenvalue weighted by atomic mass is 10.9. The van der Waals surface area contributed by atoms with E-state index in [9.17, 15) is 4.79 Å². The van der Waals surface area contributed by atoms with Crippen LogP contribution in [0, 0.1) is 0 Å². The Hall–Kier alpha value is -0.313. The first-order chi connectivity index (χ1) is 3.66. The molecule has 0 aliphatic carbocycles. The first-order valence-electron chi connectivity index (χ1n) is 2.84. The van der Waals surface area contributed by atoms with Gasteiger partial charge in [-0.2, -0.15) is 0 Å². The summed E-state index contributed by atoms with van der Waals surface area (Å²) in [4.78, 5) is 10.2. The van der Waals surface area contributed by atoms with Crippen LogP contribution in [0.5, 0.6) is 0 Å². The normalized spacial score (nSPS) is 12.9. The second kappa shape index (κ2) is 3.66. The molecule has 0 radical (unpaired) electrons. The molecule has 0 aromatic rings. The monoisotopic (exact) mass is 132 g/mol. The van der Waals surface area contributed by atoms with E-state index in [0.717, 1.165) is 6.04 Å². The summed E-state index contributed by atoms with van der Waals surface area (Å²) in [6, 6.07) is 1.03. The number of rotatable bonds is 2. The van der Waals surface area contributed by atoms with E-state index >= 15 is 0 Å². The summed E-state index contributed by atoms with van der Waals surface area (Å²) in [5.74, 6) is -0.133. The lowest BCUT2D eigenvalue weighted by molar-refractivity contribution is -0.132. The van der Waals surface area contributed by atoms with Crippen molar-refractivity contribution in [2.45, 2.75) is 26.4 Å². The summed E-state index contributed by atoms with van der Waals surface area (Å²) >= 11 is 0. The van der Waals surface area contributed by atoms with E-state index in [1.54, 1.807) is 0 Å². The zero-order valence-corrected chi connectivity index (χ0v) is 6.76. The fraction of sp³-hybridized carbons (Fsp3) is 0.800. The highest BCUT2D eigenvalue weighted by Crippen LogP contribution is 1.91. The molecule has 0 bridgehead atoms. The predicted octanol–water partition coefficient (Wildman–Crippen LogP) is 0.923. The van der Waals surface area contributed by atoms with Gasteiger partial charge >= 0.3 is 0 Å². The largest absolute Gasteiger partial charge is 0.522 e. The van der Waals surface area contributed by atoms with Crippen molar-refractivity contribution in [3.8, 4) is 0 Å². The maximum Gasteiger partial charge on any atom is 0.289 e. The van der Waals surface area contributed by atoms with Crippen molar-refractivity contribution in [2.24, 2.45) is 0 Å². The van der Waals surface area contributed by atoms with E-state index in [0.29, 0.717) is 0 Å². The Morgan fingerprint density at radius 1 is 1.75 bits per heavy atom. The van der Waals surface area contributed by atoms with E-state index in [4.69, 9.17) is 4.43 Å². The first-order valence-corrected chi connectivity index (χ1v) is 5.28. The van der Waals surface area contributed by atoms with Gasteiger partial charge in [0, 0.05) is 6.92 Å². The molecule has 1 atom stereocenters. The molecular weight excluding hydrogens is 120 g/mol. The molecule has 8 heavy (non-hydrogen) atoms. The van der Waals surface area contributed by atoms with Gasteiger partial charge in [-0.15, -0.1) is 0 Å². The molecule has 3 heteroatoms. The van der Waals surface area contributed by atoms with Gasteiger partial charge in [0.15, 0.2) is 0 Å². The van der Waals surface area contributed by atoms with Crippen LogP contribution in [-0.4, -0.2) is 15.0 Å². The average molecular weight is 132 g/mol. The molecule has 0 heterocycles. The van der Waals surface area contributed by atoms with E-state index in [2.05, 4.69) is 0 Å². The van der Waals surface area contributed by atoms with Crippen LogP contribution in [0.4, 0.5) is 0 Å². The fourth-order valence-electron chi connectivity index (χ4n) is 0.367. The summed E-state index contributed by atoms with van der Waals surface area (Å²) < 4.78 is 4.90. The number of carbonyl (C=O) groups excluding carboxylic acids is 1. The first kappa shape index (κ1) is 7.69. The third-order valence-electron chi connectivity index (χ3n) is 0.942. The van der Waals surface area contributed by atoms with E-state index < -0.39 is 9.04 Å². The maximum absolute atomic E-state index is 10.2. The van der Waals surface area contributed by atoms with Crippen LogP contribution >= 0.6 is 0 Å². The molecule has 0 aliphatic heterocycles. The molecule has 0 saturated carbocycles. The van der Waals surface area contributed by atoms with Crippen LogP contribution in [0.2, 0.25) is 12.6 Å². The Bertz CT molecular complexity index is 82.5. The van der Waals surface area contributed by atoms with Crippen LogP contribution < -0.4 is 0 Å². The highest BCUT2D eigenvalue weighted by atomic mass is 28.3. The fourth-order valence-corrected chi connectivity index (χ4v) is 1.10. The SMILES string of the molecule is CC[SiH](C)OC(C)=O. The molecule has 0 rings (SSSR count). The minimum atomic E-state index is -1.09. The Labute approximate surface area is 51.6 Å². The number of carbonyl (C=O) groups is 1. The van der Waals surface area contributed by atoms with E-state index in [-0.39, 0.29) is 5.97 Å². The number of hydrogen-bond donors (Lipinski definition) is 0. The molecule has 0 amide bonds. The van der Waals surface area contributed by atoms with E-state index in [1.807, 2.05) is 13.5 Å². The Kier molecular flexibility index (Phi) is 3.52. The molecule has 2 nitrogen and oxygen atoms in total. The van der Waals surface area contributed by atoms with Gasteiger partial charge in [0.2, 0.25) is 9.04 Å². The van der Waals surface area contributed by atoms with Gasteiger partial charge in [-0.05, 0) is 12.6 Å². The standard InChI is InChI=1S/C5H12O2Si/c1-4-8(3)7-5(2)6/h8H,4H2,1-3H3. The minimum absolute atomic E-state index is 0.133. The summed E-state index contributed by atoms with van der Waals surface area (Å²) in [7, 11) is -1.09. The van der Waals surface area contributed by atoms with Crippen molar-refractivity contribution in [1.82, 2.24) is 0 Å². The molecule has 48 valence electrons. The van der Waals surface area contributed by atoms with Crippen molar-refractivity contribution in [3.05, 3.63) is 0 Å². The van der Waals surface area contributed by atoms with Gasteiger partial charge in [-0.25, -0.2) is 0 Å². The third kappa shape index (κ3) is 3.86. The Balaban J connectivity index is 3.24. The highest BCUT2D eigenvalue weighted by molar-refractivity contribution is 6.52. The van der Waals surface area contributed by atoms with Gasteiger partial charge in [0.1, 0.15) is 0 Å². The quantitative estimate of drug-likeness (QED) is 0.522. The lowest BCUT2D eigenvalue weighted by Crippen LogP contribution is -2.14. The maximum atomic E-state index is 10.2. The molecule has 0 spiro atoms. The number of hydrogen-bond acceptors (Lipinski definition) is 2. The molecule has 0 aliphatic rings. The van der Waals surface area contributed by atoms with Crippen molar-refractivity contribution >= 4 is 15.0 Å². The van der Waals surface area contributed by atoms with Crippen LogP contribution in [0.3, 0.4) is 0 Å². The molecule has 0 aromatic carbocycles. The average Bonchev–Trinajstić information content (AvgIpc) is 1.65. The second-order valence-corrected chi connectivity index (χ2v) is 4.50. The van der Waals surface area contributed by atoms with Crippen molar-refractivity contribution in [3.63, 3.8) is 0 Å². The summed E-state index contributed by atoms with van der Waals surface area (Å²) in [5, 5.41) is 0. The minimum Gasteiger partial charge on any atom is -0.522 e. The molecule has 0 N–H and O–H groups in total. The van der Waals surface area contributed by atoms with Gasteiger partial charge in [0.25, 0.3) is 5.97 Å². The zero-order chi connectivity index (χ0) is 6.57. The topological polar surface area (TPSA) is 26.3 Å². The molecular formula is C5H12O2Si. The molecule has 1 unspecified atom stereocenters. The van der Waals surface area contributed by atoms with Crippen LogP contribution in [-0.2, 0) is 9.22 Å². The molecule has 0 saturated heterocycles. The third-order valence-corrected chi connectivity index (χ3v) is 2.83. The van der Waals surface area contributed by atoms with Crippen LogP contribution in [0.1, 0.15) is 13.8 Å². The molecule has 0 fully saturated rings. The van der Waals surface area contributed by atoms with Gasteiger partial charge in [-0.1, -0.05) is 6.92 Å². The van der Waals surface area contributed by atoms with Gasteiger partial charge in [-0.3, -0.25) is 4.79 Å². The molecule has 0 aromatic heterocycles. The summed E-state index contributed by atoms with van der Waals surface area (Å²) in [6.07, 6.45) is 0. The van der Waals surface area contributed by atoms with E-state index in [1.165, 1.54) is 6.92 Å². The smallest absolute Gasteiger partial charge is 0.289 e. The van der Waals surface area contributed by atoms with Crippen molar-refractivity contribution in [1.29, 1.82) is 0 Å². The van der Waals surface area contributed by atoms with Gasteiger partial charge < -0.3 is 4.43 Å². The second-order valence-electron chi connectivity index (χ2n) is 1.83. The van der Waals surface area contributed by atoms with Crippen molar-refractivity contribution in [2.75, 3.05) is 0 Å². The van der Waals surface area contributed by atoms with Gasteiger partial charge in [0.05, 0.1) is 0 Å². The van der Waals surface area contributed by atoms with Crippen molar-refractivity contribution < 1.29 is 9.22 Å². The lowest BCUT2D eigenvalue weighted by Gasteiger charge is -2.05. The Morgan fingerprint density at radius 2 is 2.25 bits per heavy atom. The zero-order valence-electron chi connectivity index (χ0n) is 5.60. The van der Waals surface area contributed by atoms with Crippen LogP contribution in [0.15, 0.2) is 0 Å².